The number of carboxylic acids is 1. The number of nitrogens with one attached hydrogen (secondary N) is 1. The number of ether oxygens (including phenoxy) is 1. The summed E-state index contributed by atoms with van der Waals surface area (Å²) in [6.45, 7) is 2.93. The molecule has 6 heteroatoms. The molecule has 0 amide bonds. The first-order valence-electron chi connectivity index (χ1n) is 7.46. The van der Waals surface area contributed by atoms with Crippen LogP contribution >= 0.6 is 0 Å². The normalized spacial score (nSPS) is 12.6. The molecule has 0 saturated heterocycles. The van der Waals surface area contributed by atoms with Crippen molar-refractivity contribution in [3.8, 4) is 5.75 Å². The second-order valence-electron chi connectivity index (χ2n) is 5.60. The first kappa shape index (κ1) is 15.1. The smallest absolute Gasteiger partial charge is 0.308 e. The Morgan fingerprint density at radius 2 is 2.22 bits per heavy atom. The molecule has 2 N–H and O–H groups in total. The summed E-state index contributed by atoms with van der Waals surface area (Å²) >= 11 is 0. The Morgan fingerprint density at radius 1 is 1.39 bits per heavy atom. The molecule has 0 radical (unpaired) electrons. The van der Waals surface area contributed by atoms with Gasteiger partial charge in [-0.1, -0.05) is 12.1 Å². The summed E-state index contributed by atoms with van der Waals surface area (Å²) in [6, 6.07) is 7.69. The van der Waals surface area contributed by atoms with Gasteiger partial charge in [0.25, 0.3) is 5.56 Å². The third-order valence-corrected chi connectivity index (χ3v) is 3.96. The van der Waals surface area contributed by atoms with Crippen molar-refractivity contribution in [1.82, 2.24) is 4.68 Å². The van der Waals surface area contributed by atoms with E-state index >= 15 is 0 Å². The molecule has 2 aromatic rings. The van der Waals surface area contributed by atoms with Crippen LogP contribution in [0.5, 0.6) is 5.75 Å². The van der Waals surface area contributed by atoms with Crippen LogP contribution in [0.25, 0.3) is 0 Å². The molecule has 120 valence electrons. The van der Waals surface area contributed by atoms with E-state index in [0.717, 1.165) is 17.7 Å². The zero-order chi connectivity index (χ0) is 16.4. The lowest BCUT2D eigenvalue weighted by molar-refractivity contribution is -0.136. The van der Waals surface area contributed by atoms with Crippen molar-refractivity contribution < 1.29 is 14.6 Å². The topological polar surface area (TPSA) is 80.6 Å². The van der Waals surface area contributed by atoms with E-state index in [4.69, 9.17) is 9.84 Å². The van der Waals surface area contributed by atoms with E-state index in [0.29, 0.717) is 24.3 Å². The number of fused-ring (bicyclic) bond motifs is 1. The van der Waals surface area contributed by atoms with Gasteiger partial charge in [0.2, 0.25) is 0 Å². The number of aliphatic carboxylic acids is 1. The number of carbonyl (C=O) groups is 1. The number of aromatic nitrogens is 1. The fraction of sp³-hybridized carbons (Fsp3) is 0.294. The molecule has 1 aliphatic rings. The van der Waals surface area contributed by atoms with Gasteiger partial charge in [0, 0.05) is 18.2 Å². The Bertz CT molecular complexity index is 811. The van der Waals surface area contributed by atoms with Crippen molar-refractivity contribution in [3.63, 3.8) is 0 Å². The fourth-order valence-corrected chi connectivity index (χ4v) is 2.69. The molecule has 1 aromatic carbocycles. The van der Waals surface area contributed by atoms with Crippen LogP contribution in [0, 0.1) is 6.92 Å². The van der Waals surface area contributed by atoms with Crippen molar-refractivity contribution in [2.45, 2.75) is 26.3 Å². The Labute approximate surface area is 133 Å². The summed E-state index contributed by atoms with van der Waals surface area (Å²) in [4.78, 5) is 23.2. The third-order valence-electron chi connectivity index (χ3n) is 3.96. The Balaban J connectivity index is 1.78. The second kappa shape index (κ2) is 6.16. The van der Waals surface area contributed by atoms with Crippen LogP contribution in [0.15, 0.2) is 35.3 Å². The summed E-state index contributed by atoms with van der Waals surface area (Å²) in [5.74, 6) is -0.0911. The third kappa shape index (κ3) is 3.21. The zero-order valence-electron chi connectivity index (χ0n) is 12.8. The number of nitrogens with zero attached hydrogens (tertiary/aromatic N) is 1. The maximum Gasteiger partial charge on any atom is 0.308 e. The zero-order valence-corrected chi connectivity index (χ0v) is 12.8. The van der Waals surface area contributed by atoms with Gasteiger partial charge >= 0.3 is 5.97 Å². The Morgan fingerprint density at radius 3 is 3.00 bits per heavy atom. The number of benzene rings is 1. The van der Waals surface area contributed by atoms with E-state index in [2.05, 4.69) is 11.5 Å². The average molecular weight is 314 g/mol. The molecule has 0 unspecified atom stereocenters. The summed E-state index contributed by atoms with van der Waals surface area (Å²) in [7, 11) is 0. The lowest BCUT2D eigenvalue weighted by Gasteiger charge is -2.12. The van der Waals surface area contributed by atoms with Gasteiger partial charge in [-0.05, 0) is 35.7 Å². The minimum absolute atomic E-state index is 0.274. The summed E-state index contributed by atoms with van der Waals surface area (Å²) < 4.78 is 6.81. The lowest BCUT2D eigenvalue weighted by Crippen LogP contribution is -2.32. The van der Waals surface area contributed by atoms with Gasteiger partial charge in [-0.25, -0.2) is 4.68 Å². The number of hydrogen-bond acceptors (Lipinski definition) is 4. The van der Waals surface area contributed by atoms with Crippen LogP contribution in [0.2, 0.25) is 0 Å². The molecule has 23 heavy (non-hydrogen) atoms. The SMILES string of the molecule is Cc1ccn(NCc2ccc3c(c2)CCO3)c(=O)c1CC(=O)O. The summed E-state index contributed by atoms with van der Waals surface area (Å²) in [6.07, 6.45) is 2.25. The highest BCUT2D eigenvalue weighted by Crippen LogP contribution is 2.25. The van der Waals surface area contributed by atoms with E-state index in [1.54, 1.807) is 19.2 Å². The molecule has 3 rings (SSSR count). The number of rotatable bonds is 5. The van der Waals surface area contributed by atoms with Crippen LogP contribution < -0.4 is 15.7 Å². The first-order valence-corrected chi connectivity index (χ1v) is 7.46. The lowest BCUT2D eigenvalue weighted by atomic mass is 10.1. The van der Waals surface area contributed by atoms with Gasteiger partial charge in [-0.3, -0.25) is 9.59 Å². The van der Waals surface area contributed by atoms with Crippen LogP contribution in [-0.4, -0.2) is 22.4 Å². The quantitative estimate of drug-likeness (QED) is 0.873. The average Bonchev–Trinajstić information content (AvgIpc) is 2.98. The molecule has 2 heterocycles. The highest BCUT2D eigenvalue weighted by Gasteiger charge is 2.13. The number of pyridine rings is 1. The standard InChI is InChI=1S/C17H18N2O4/c1-11-4-6-19(17(22)14(11)9-16(20)21)18-10-12-2-3-15-13(8-12)5-7-23-15/h2-4,6,8,18H,5,7,9-10H2,1H3,(H,20,21). The van der Waals surface area contributed by atoms with Crippen molar-refractivity contribution in [2.24, 2.45) is 0 Å². The number of aryl methyl sites for hydroxylation is 1. The Hall–Kier alpha value is -2.76. The van der Waals surface area contributed by atoms with Crippen LogP contribution in [0.1, 0.15) is 22.3 Å². The molecule has 6 nitrogen and oxygen atoms in total. The number of carboxylic acid groups (broad SMARTS) is 1. The molecule has 0 saturated carbocycles. The van der Waals surface area contributed by atoms with Crippen molar-refractivity contribution >= 4 is 5.97 Å². The van der Waals surface area contributed by atoms with Crippen molar-refractivity contribution in [2.75, 3.05) is 12.0 Å². The minimum atomic E-state index is -1.01. The van der Waals surface area contributed by atoms with E-state index in [9.17, 15) is 9.59 Å². The molecule has 0 atom stereocenters. The minimum Gasteiger partial charge on any atom is -0.493 e. The maximum absolute atomic E-state index is 12.4. The molecular formula is C17H18N2O4. The number of hydrogen-bond donors (Lipinski definition) is 2. The molecule has 0 bridgehead atoms. The highest BCUT2D eigenvalue weighted by molar-refractivity contribution is 5.70. The molecule has 1 aromatic heterocycles. The largest absolute Gasteiger partial charge is 0.493 e. The van der Waals surface area contributed by atoms with E-state index in [1.165, 1.54) is 10.2 Å². The van der Waals surface area contributed by atoms with E-state index in [1.807, 2.05) is 12.1 Å². The molecule has 1 aliphatic heterocycles. The molecular weight excluding hydrogens is 296 g/mol. The van der Waals surface area contributed by atoms with Gasteiger partial charge in [0.15, 0.2) is 0 Å². The predicted molar refractivity (Wildman–Crippen MR) is 85.5 cm³/mol. The van der Waals surface area contributed by atoms with Crippen LogP contribution in [0.4, 0.5) is 0 Å². The molecule has 0 aliphatic carbocycles. The predicted octanol–water partition coefficient (Wildman–Crippen LogP) is 1.46. The maximum atomic E-state index is 12.4. The van der Waals surface area contributed by atoms with Crippen molar-refractivity contribution in [1.29, 1.82) is 0 Å². The van der Waals surface area contributed by atoms with Crippen LogP contribution in [0.3, 0.4) is 0 Å². The highest BCUT2D eigenvalue weighted by atomic mass is 16.5. The second-order valence-corrected chi connectivity index (χ2v) is 5.60. The van der Waals surface area contributed by atoms with E-state index < -0.39 is 5.97 Å². The van der Waals surface area contributed by atoms with Gasteiger partial charge in [0.05, 0.1) is 19.6 Å². The van der Waals surface area contributed by atoms with Crippen molar-refractivity contribution in [3.05, 3.63) is 63.1 Å². The summed E-state index contributed by atoms with van der Waals surface area (Å²) in [5, 5.41) is 8.92. The van der Waals surface area contributed by atoms with Crippen LogP contribution in [-0.2, 0) is 24.2 Å². The van der Waals surface area contributed by atoms with Gasteiger partial charge in [0.1, 0.15) is 5.75 Å². The van der Waals surface area contributed by atoms with E-state index in [-0.39, 0.29) is 12.0 Å². The first-order chi connectivity index (χ1) is 11.0. The Kier molecular flexibility index (Phi) is 4.06. The van der Waals surface area contributed by atoms with Gasteiger partial charge < -0.3 is 15.3 Å². The van der Waals surface area contributed by atoms with Gasteiger partial charge in [-0.15, -0.1) is 0 Å². The van der Waals surface area contributed by atoms with Gasteiger partial charge in [-0.2, -0.15) is 0 Å². The summed E-state index contributed by atoms with van der Waals surface area (Å²) in [5.41, 5.74) is 5.91. The fourth-order valence-electron chi connectivity index (χ4n) is 2.69. The molecule has 0 fully saturated rings. The monoisotopic (exact) mass is 314 g/mol. The molecule has 0 spiro atoms.